The van der Waals surface area contributed by atoms with Crippen molar-refractivity contribution in [1.82, 2.24) is 10.6 Å². The molecule has 0 spiro atoms. The summed E-state index contributed by atoms with van der Waals surface area (Å²) in [6.45, 7) is 5.06. The fourth-order valence-corrected chi connectivity index (χ4v) is 1.97. The molecular weight excluding hydrogens is 260 g/mol. The zero-order chi connectivity index (χ0) is 13.4. The maximum absolute atomic E-state index is 11.9. The topological polar surface area (TPSA) is 41.1 Å². The van der Waals surface area contributed by atoms with E-state index in [9.17, 15) is 4.79 Å². The molecule has 0 fully saturated rings. The fraction of sp³-hybridized carbons (Fsp3) is 0.533. The van der Waals surface area contributed by atoms with Gasteiger partial charge in [0.25, 0.3) is 0 Å². The van der Waals surface area contributed by atoms with E-state index in [1.54, 1.807) is 0 Å². The highest BCUT2D eigenvalue weighted by Crippen LogP contribution is 2.24. The lowest BCUT2D eigenvalue weighted by Gasteiger charge is -2.30. The van der Waals surface area contributed by atoms with Crippen LogP contribution in [0.2, 0.25) is 0 Å². The van der Waals surface area contributed by atoms with E-state index in [0.717, 1.165) is 24.9 Å². The number of carbonyl (C=O) groups excluding carboxylic acids is 1. The van der Waals surface area contributed by atoms with Gasteiger partial charge in [-0.2, -0.15) is 0 Å². The summed E-state index contributed by atoms with van der Waals surface area (Å²) in [5.41, 5.74) is 0.896. The lowest BCUT2D eigenvalue weighted by molar-refractivity contribution is -0.123. The molecule has 1 amide bonds. The maximum atomic E-state index is 11.9. The first-order chi connectivity index (χ1) is 8.62. The van der Waals surface area contributed by atoms with Crippen molar-refractivity contribution in [3.63, 3.8) is 0 Å². The van der Waals surface area contributed by atoms with E-state index in [1.165, 1.54) is 0 Å². The first kappa shape index (κ1) is 17.9. The van der Waals surface area contributed by atoms with Gasteiger partial charge in [-0.3, -0.25) is 4.79 Å². The van der Waals surface area contributed by atoms with Crippen LogP contribution in [0.25, 0.3) is 0 Å². The van der Waals surface area contributed by atoms with Gasteiger partial charge in [0.15, 0.2) is 0 Å². The standard InChI is InChI=1S/C15H24N2O.ClH/c1-4-15(2,13-9-6-5-7-10-13)17-14(18)11-8-12-16-3;/h5-7,9-10,16H,4,8,11-12H2,1-3H3,(H,17,18);1H. The second-order valence-electron chi connectivity index (χ2n) is 4.81. The number of hydrogen-bond acceptors (Lipinski definition) is 2. The molecule has 0 heterocycles. The molecule has 1 aromatic rings. The first-order valence-electron chi connectivity index (χ1n) is 6.63. The molecule has 19 heavy (non-hydrogen) atoms. The van der Waals surface area contributed by atoms with Crippen LogP contribution in [0.1, 0.15) is 38.7 Å². The normalized spacial score (nSPS) is 13.2. The molecule has 0 bridgehead atoms. The van der Waals surface area contributed by atoms with E-state index in [1.807, 2.05) is 25.2 Å². The van der Waals surface area contributed by atoms with Gasteiger partial charge in [-0.15, -0.1) is 12.4 Å². The first-order valence-corrected chi connectivity index (χ1v) is 6.63. The summed E-state index contributed by atoms with van der Waals surface area (Å²) in [6.07, 6.45) is 2.33. The third-order valence-corrected chi connectivity index (χ3v) is 3.36. The summed E-state index contributed by atoms with van der Waals surface area (Å²) in [7, 11) is 1.90. The highest BCUT2D eigenvalue weighted by molar-refractivity contribution is 5.85. The third-order valence-electron chi connectivity index (χ3n) is 3.36. The molecule has 4 heteroatoms. The number of nitrogens with one attached hydrogen (secondary N) is 2. The monoisotopic (exact) mass is 284 g/mol. The van der Waals surface area contributed by atoms with Crippen LogP contribution >= 0.6 is 12.4 Å². The van der Waals surface area contributed by atoms with Gasteiger partial charge in [-0.25, -0.2) is 0 Å². The Hall–Kier alpha value is -1.06. The average molecular weight is 285 g/mol. The van der Waals surface area contributed by atoms with Gasteiger partial charge in [-0.1, -0.05) is 37.3 Å². The van der Waals surface area contributed by atoms with E-state index in [4.69, 9.17) is 0 Å². The maximum Gasteiger partial charge on any atom is 0.220 e. The van der Waals surface area contributed by atoms with Crippen LogP contribution in [0.4, 0.5) is 0 Å². The Labute approximate surface area is 122 Å². The number of hydrogen-bond donors (Lipinski definition) is 2. The Morgan fingerprint density at radius 3 is 2.42 bits per heavy atom. The summed E-state index contributed by atoms with van der Waals surface area (Å²) in [6, 6.07) is 10.1. The van der Waals surface area contributed by atoms with Crippen LogP contribution in [-0.2, 0) is 10.3 Å². The van der Waals surface area contributed by atoms with Crippen LogP contribution < -0.4 is 10.6 Å². The molecule has 1 rings (SSSR count). The quantitative estimate of drug-likeness (QED) is 0.756. The Bertz CT molecular complexity index is 370. The Morgan fingerprint density at radius 1 is 1.26 bits per heavy atom. The van der Waals surface area contributed by atoms with Gasteiger partial charge in [-0.05, 0) is 38.9 Å². The van der Waals surface area contributed by atoms with Crippen LogP contribution in [0, 0.1) is 0 Å². The van der Waals surface area contributed by atoms with Crippen molar-refractivity contribution in [2.75, 3.05) is 13.6 Å². The molecule has 1 unspecified atom stereocenters. The molecule has 0 aliphatic rings. The highest BCUT2D eigenvalue weighted by Gasteiger charge is 2.25. The van der Waals surface area contributed by atoms with Crippen LogP contribution in [0.5, 0.6) is 0 Å². The average Bonchev–Trinajstić information content (AvgIpc) is 2.40. The summed E-state index contributed by atoms with van der Waals surface area (Å²) in [4.78, 5) is 11.9. The minimum atomic E-state index is -0.266. The lowest BCUT2D eigenvalue weighted by atomic mass is 9.89. The van der Waals surface area contributed by atoms with Gasteiger partial charge in [0.05, 0.1) is 5.54 Å². The Balaban J connectivity index is 0.00000324. The minimum Gasteiger partial charge on any atom is -0.347 e. The van der Waals surface area contributed by atoms with Crippen LogP contribution in [-0.4, -0.2) is 19.5 Å². The smallest absolute Gasteiger partial charge is 0.220 e. The van der Waals surface area contributed by atoms with Gasteiger partial charge >= 0.3 is 0 Å². The molecule has 0 aliphatic heterocycles. The van der Waals surface area contributed by atoms with Gasteiger partial charge in [0, 0.05) is 6.42 Å². The summed E-state index contributed by atoms with van der Waals surface area (Å²) in [5.74, 6) is 0.124. The zero-order valence-corrected chi connectivity index (χ0v) is 12.8. The van der Waals surface area contributed by atoms with E-state index in [2.05, 4.69) is 36.6 Å². The Morgan fingerprint density at radius 2 is 1.89 bits per heavy atom. The Kier molecular flexibility index (Phi) is 8.44. The molecule has 1 aromatic carbocycles. The van der Waals surface area contributed by atoms with Crippen molar-refractivity contribution in [2.45, 2.75) is 38.6 Å². The van der Waals surface area contributed by atoms with Crippen molar-refractivity contribution >= 4 is 18.3 Å². The SMILES string of the molecule is CCC(C)(NC(=O)CCCNC)c1ccccc1.Cl. The number of halogens is 1. The molecule has 1 atom stereocenters. The van der Waals surface area contributed by atoms with Gasteiger partial charge in [0.1, 0.15) is 0 Å². The van der Waals surface area contributed by atoms with Crippen molar-refractivity contribution in [3.8, 4) is 0 Å². The second kappa shape index (κ2) is 8.94. The molecule has 3 nitrogen and oxygen atoms in total. The lowest BCUT2D eigenvalue weighted by Crippen LogP contribution is -2.43. The fourth-order valence-electron chi connectivity index (χ4n) is 1.97. The van der Waals surface area contributed by atoms with Crippen LogP contribution in [0.3, 0.4) is 0 Å². The summed E-state index contributed by atoms with van der Waals surface area (Å²) in [5, 5.41) is 6.20. The molecule has 0 saturated heterocycles. The van der Waals surface area contributed by atoms with Crippen LogP contribution in [0.15, 0.2) is 30.3 Å². The van der Waals surface area contributed by atoms with Crippen molar-refractivity contribution < 1.29 is 4.79 Å². The molecule has 0 aliphatic carbocycles. The molecule has 0 saturated carbocycles. The number of rotatable bonds is 7. The molecule has 108 valence electrons. The third kappa shape index (κ3) is 5.62. The van der Waals surface area contributed by atoms with E-state index < -0.39 is 0 Å². The van der Waals surface area contributed by atoms with Crippen molar-refractivity contribution in [2.24, 2.45) is 0 Å². The summed E-state index contributed by atoms with van der Waals surface area (Å²) < 4.78 is 0. The largest absolute Gasteiger partial charge is 0.347 e. The highest BCUT2D eigenvalue weighted by atomic mass is 35.5. The minimum absolute atomic E-state index is 0. The zero-order valence-electron chi connectivity index (χ0n) is 12.0. The predicted molar refractivity (Wildman–Crippen MR) is 82.6 cm³/mol. The van der Waals surface area contributed by atoms with E-state index >= 15 is 0 Å². The molecule has 2 N–H and O–H groups in total. The van der Waals surface area contributed by atoms with Crippen molar-refractivity contribution in [1.29, 1.82) is 0 Å². The number of benzene rings is 1. The molecular formula is C15H25ClN2O. The second-order valence-corrected chi connectivity index (χ2v) is 4.81. The molecule has 0 radical (unpaired) electrons. The van der Waals surface area contributed by atoms with E-state index in [0.29, 0.717) is 6.42 Å². The van der Waals surface area contributed by atoms with Gasteiger partial charge < -0.3 is 10.6 Å². The predicted octanol–water partition coefficient (Wildman–Crippen LogP) is 2.85. The number of amides is 1. The number of carbonyl (C=O) groups is 1. The van der Waals surface area contributed by atoms with Crippen molar-refractivity contribution in [3.05, 3.63) is 35.9 Å². The molecule has 0 aromatic heterocycles. The van der Waals surface area contributed by atoms with E-state index in [-0.39, 0.29) is 23.9 Å². The summed E-state index contributed by atoms with van der Waals surface area (Å²) >= 11 is 0. The van der Waals surface area contributed by atoms with Gasteiger partial charge in [0.2, 0.25) is 5.91 Å².